The Morgan fingerprint density at radius 2 is 2.03 bits per heavy atom. The fourth-order valence-electron chi connectivity index (χ4n) is 9.59. The number of carbonyl (C=O) groups is 1. The SMILES string of the molecule is CCOCC1CCC2(CC)C(CCC3C4CCC(C(=O)Cn5ccc(C#N)n5)C4(C)CCC32)C1. The van der Waals surface area contributed by atoms with Crippen molar-refractivity contribution in [1.82, 2.24) is 9.78 Å². The summed E-state index contributed by atoms with van der Waals surface area (Å²) in [6, 6.07) is 3.77. The molecule has 0 amide bonds. The van der Waals surface area contributed by atoms with E-state index in [1.165, 1.54) is 57.8 Å². The molecule has 0 N–H and O–H groups in total. The van der Waals surface area contributed by atoms with E-state index < -0.39 is 0 Å². The first-order valence-corrected chi connectivity index (χ1v) is 14.0. The van der Waals surface area contributed by atoms with Gasteiger partial charge in [-0.1, -0.05) is 13.8 Å². The average Bonchev–Trinajstić information content (AvgIpc) is 3.45. The van der Waals surface area contributed by atoms with E-state index in [-0.39, 0.29) is 11.3 Å². The average molecular weight is 466 g/mol. The lowest BCUT2D eigenvalue weighted by Gasteiger charge is -2.62. The van der Waals surface area contributed by atoms with Gasteiger partial charge < -0.3 is 4.74 Å². The molecule has 34 heavy (non-hydrogen) atoms. The van der Waals surface area contributed by atoms with Crippen molar-refractivity contribution in [2.24, 2.45) is 46.3 Å². The third kappa shape index (κ3) is 3.85. The Kier molecular flexibility index (Phi) is 6.66. The topological polar surface area (TPSA) is 67.9 Å². The number of ether oxygens (including phenoxy) is 1. The van der Waals surface area contributed by atoms with Gasteiger partial charge in [0.2, 0.25) is 0 Å². The molecule has 0 spiro atoms. The van der Waals surface area contributed by atoms with Crippen LogP contribution in [0.25, 0.3) is 0 Å². The molecule has 0 radical (unpaired) electrons. The highest BCUT2D eigenvalue weighted by Crippen LogP contribution is 2.68. The van der Waals surface area contributed by atoms with Crippen LogP contribution in [0.5, 0.6) is 0 Å². The predicted octanol–water partition coefficient (Wildman–Crippen LogP) is 6.03. The van der Waals surface area contributed by atoms with Gasteiger partial charge in [0.15, 0.2) is 11.5 Å². The summed E-state index contributed by atoms with van der Waals surface area (Å²) in [7, 11) is 0. The summed E-state index contributed by atoms with van der Waals surface area (Å²) < 4.78 is 7.49. The maximum Gasteiger partial charge on any atom is 0.162 e. The van der Waals surface area contributed by atoms with Crippen LogP contribution in [0.4, 0.5) is 0 Å². The van der Waals surface area contributed by atoms with Gasteiger partial charge in [-0.05, 0) is 118 Å². The predicted molar refractivity (Wildman–Crippen MR) is 132 cm³/mol. The van der Waals surface area contributed by atoms with Gasteiger partial charge in [-0.15, -0.1) is 0 Å². The lowest BCUT2D eigenvalue weighted by Crippen LogP contribution is -2.55. The molecular weight excluding hydrogens is 422 g/mol. The lowest BCUT2D eigenvalue weighted by molar-refractivity contribution is -0.143. The molecule has 5 heteroatoms. The first-order chi connectivity index (χ1) is 16.4. The minimum atomic E-state index is 0.136. The lowest BCUT2D eigenvalue weighted by atomic mass is 9.43. The Bertz CT molecular complexity index is 934. The molecule has 5 rings (SSSR count). The van der Waals surface area contributed by atoms with E-state index in [0.717, 1.165) is 43.3 Å². The molecule has 8 atom stereocenters. The Labute approximate surface area is 205 Å². The summed E-state index contributed by atoms with van der Waals surface area (Å²) in [6.07, 6.45) is 14.7. The van der Waals surface area contributed by atoms with E-state index in [1.807, 2.05) is 0 Å². The standard InChI is InChI=1S/C29H43N3O2/c1-4-29-14-10-20(19-34-5-2)16-21(29)6-7-23-24-8-9-26(28(24,3)13-11-25(23)29)27(33)18-32-15-12-22(17-30)31-32/h12,15,20-21,23-26H,4-11,13-14,16,18-19H2,1-3H3. The minimum Gasteiger partial charge on any atom is -0.381 e. The molecule has 186 valence electrons. The monoisotopic (exact) mass is 465 g/mol. The molecule has 4 aliphatic carbocycles. The largest absolute Gasteiger partial charge is 0.381 e. The molecule has 0 saturated heterocycles. The van der Waals surface area contributed by atoms with E-state index in [1.54, 1.807) is 16.9 Å². The molecule has 4 fully saturated rings. The van der Waals surface area contributed by atoms with Crippen LogP contribution in [0.3, 0.4) is 0 Å². The van der Waals surface area contributed by atoms with Crippen molar-refractivity contribution in [2.75, 3.05) is 13.2 Å². The van der Waals surface area contributed by atoms with Gasteiger partial charge in [-0.3, -0.25) is 9.48 Å². The number of hydrogen-bond donors (Lipinski definition) is 0. The van der Waals surface area contributed by atoms with Crippen molar-refractivity contribution < 1.29 is 9.53 Å². The normalized spacial score (nSPS) is 41.2. The highest BCUT2D eigenvalue weighted by molar-refractivity contribution is 5.82. The van der Waals surface area contributed by atoms with Gasteiger partial charge in [0.05, 0.1) is 6.54 Å². The zero-order valence-electron chi connectivity index (χ0n) is 21.5. The van der Waals surface area contributed by atoms with Crippen LogP contribution in [-0.4, -0.2) is 28.8 Å². The van der Waals surface area contributed by atoms with Gasteiger partial charge in [0.25, 0.3) is 0 Å². The van der Waals surface area contributed by atoms with Crippen LogP contribution in [0.15, 0.2) is 12.3 Å². The van der Waals surface area contributed by atoms with Crippen LogP contribution < -0.4 is 0 Å². The number of aromatic nitrogens is 2. The van der Waals surface area contributed by atoms with Crippen molar-refractivity contribution in [3.05, 3.63) is 18.0 Å². The number of nitrogens with zero attached hydrogens (tertiary/aromatic N) is 3. The summed E-state index contributed by atoms with van der Waals surface area (Å²) >= 11 is 0. The number of rotatable bonds is 7. The molecule has 4 aliphatic rings. The molecule has 1 aromatic heterocycles. The van der Waals surface area contributed by atoms with E-state index in [2.05, 4.69) is 31.9 Å². The molecule has 5 nitrogen and oxygen atoms in total. The number of Topliss-reactive ketones (excluding diaryl/α,β-unsaturated/α-hetero) is 1. The summed E-state index contributed by atoms with van der Waals surface area (Å²) in [4.78, 5) is 13.4. The van der Waals surface area contributed by atoms with Gasteiger partial charge >= 0.3 is 0 Å². The van der Waals surface area contributed by atoms with Crippen LogP contribution in [0, 0.1) is 57.7 Å². The van der Waals surface area contributed by atoms with E-state index >= 15 is 0 Å². The van der Waals surface area contributed by atoms with E-state index in [4.69, 9.17) is 10.00 Å². The number of hydrogen-bond acceptors (Lipinski definition) is 4. The van der Waals surface area contributed by atoms with Crippen molar-refractivity contribution >= 4 is 5.78 Å². The fraction of sp³-hybridized carbons (Fsp3) is 0.828. The first-order valence-electron chi connectivity index (χ1n) is 14.0. The van der Waals surface area contributed by atoms with E-state index in [0.29, 0.717) is 29.4 Å². The molecule has 1 heterocycles. The first kappa shape index (κ1) is 24.0. The van der Waals surface area contributed by atoms with Gasteiger partial charge in [-0.25, -0.2) is 0 Å². The maximum absolute atomic E-state index is 13.4. The zero-order valence-corrected chi connectivity index (χ0v) is 21.5. The van der Waals surface area contributed by atoms with Gasteiger partial charge in [-0.2, -0.15) is 10.4 Å². The third-order valence-corrected chi connectivity index (χ3v) is 11.2. The van der Waals surface area contributed by atoms with Crippen molar-refractivity contribution in [1.29, 1.82) is 5.26 Å². The van der Waals surface area contributed by atoms with Gasteiger partial charge in [0, 0.05) is 25.3 Å². The minimum absolute atomic E-state index is 0.136. The quantitative estimate of drug-likeness (QED) is 0.493. The molecule has 0 bridgehead atoms. The Morgan fingerprint density at radius 1 is 1.18 bits per heavy atom. The summed E-state index contributed by atoms with van der Waals surface area (Å²) in [5.74, 6) is 4.43. The molecular formula is C29H43N3O2. The summed E-state index contributed by atoms with van der Waals surface area (Å²) in [5, 5.41) is 13.3. The molecule has 1 aromatic rings. The summed E-state index contributed by atoms with van der Waals surface area (Å²) in [5.41, 5.74) is 1.05. The molecule has 0 aromatic carbocycles. The second kappa shape index (κ2) is 9.41. The van der Waals surface area contributed by atoms with Gasteiger partial charge in [0.1, 0.15) is 6.07 Å². The van der Waals surface area contributed by atoms with E-state index in [9.17, 15) is 4.79 Å². The van der Waals surface area contributed by atoms with Crippen LogP contribution in [0.1, 0.15) is 90.7 Å². The smallest absolute Gasteiger partial charge is 0.162 e. The summed E-state index contributed by atoms with van der Waals surface area (Å²) in [6.45, 7) is 9.12. The number of fused-ring (bicyclic) bond motifs is 5. The third-order valence-electron chi connectivity index (χ3n) is 11.2. The van der Waals surface area contributed by atoms with Crippen molar-refractivity contribution in [3.63, 3.8) is 0 Å². The fourth-order valence-corrected chi connectivity index (χ4v) is 9.59. The Balaban J connectivity index is 1.31. The maximum atomic E-state index is 13.4. The highest BCUT2D eigenvalue weighted by atomic mass is 16.5. The Hall–Kier alpha value is -1.67. The highest BCUT2D eigenvalue weighted by Gasteiger charge is 2.61. The van der Waals surface area contributed by atoms with Crippen molar-refractivity contribution in [3.8, 4) is 6.07 Å². The van der Waals surface area contributed by atoms with Crippen LogP contribution in [-0.2, 0) is 16.1 Å². The molecule has 4 saturated carbocycles. The van der Waals surface area contributed by atoms with Crippen molar-refractivity contribution in [2.45, 2.75) is 91.5 Å². The van der Waals surface area contributed by atoms with Crippen LogP contribution in [0.2, 0.25) is 0 Å². The number of carbonyl (C=O) groups excluding carboxylic acids is 1. The van der Waals surface area contributed by atoms with Crippen LogP contribution >= 0.6 is 0 Å². The second-order valence-corrected chi connectivity index (χ2v) is 12.2. The second-order valence-electron chi connectivity index (χ2n) is 12.2. The molecule has 8 unspecified atom stereocenters. The zero-order chi connectivity index (χ0) is 23.9. The number of nitriles is 1. The Morgan fingerprint density at radius 3 is 2.76 bits per heavy atom. The molecule has 0 aliphatic heterocycles. The number of ketones is 1.